The lowest BCUT2D eigenvalue weighted by Crippen LogP contribution is -2.31. The van der Waals surface area contributed by atoms with Gasteiger partial charge < -0.3 is 20.3 Å². The van der Waals surface area contributed by atoms with Gasteiger partial charge in [0.05, 0.1) is 16.9 Å². The van der Waals surface area contributed by atoms with E-state index in [0.717, 1.165) is 44.5 Å². The van der Waals surface area contributed by atoms with E-state index in [2.05, 4.69) is 10.6 Å². The van der Waals surface area contributed by atoms with Crippen LogP contribution in [0.1, 0.15) is 38.7 Å². The summed E-state index contributed by atoms with van der Waals surface area (Å²) in [6.45, 7) is 4.59. The lowest BCUT2D eigenvalue weighted by Gasteiger charge is -2.31. The highest BCUT2D eigenvalue weighted by atomic mass is 19.4. The highest BCUT2D eigenvalue weighted by Crippen LogP contribution is 2.36. The fraction of sp³-hybridized carbons (Fsp3) is 0.417. The Kier molecular flexibility index (Phi) is 7.84. The van der Waals surface area contributed by atoms with Crippen molar-refractivity contribution in [1.82, 2.24) is 0 Å². The minimum absolute atomic E-state index is 0.110. The first-order valence-corrected chi connectivity index (χ1v) is 10.9. The predicted octanol–water partition coefficient (Wildman–Crippen LogP) is 5.31. The summed E-state index contributed by atoms with van der Waals surface area (Å²) in [5, 5.41) is 5.32. The molecule has 2 amide bonds. The zero-order valence-corrected chi connectivity index (χ0v) is 18.7. The second-order valence-electron chi connectivity index (χ2n) is 8.29. The monoisotopic (exact) mass is 463 g/mol. The van der Waals surface area contributed by atoms with Gasteiger partial charge in [0, 0.05) is 30.8 Å². The molecule has 2 aromatic rings. The predicted molar refractivity (Wildman–Crippen MR) is 122 cm³/mol. The van der Waals surface area contributed by atoms with E-state index in [1.807, 2.05) is 4.90 Å². The number of hydrogen-bond acceptors (Lipinski definition) is 4. The number of amides is 2. The Labute approximate surface area is 191 Å². The van der Waals surface area contributed by atoms with E-state index >= 15 is 0 Å². The zero-order chi connectivity index (χ0) is 24.0. The number of benzene rings is 2. The maximum Gasteiger partial charge on any atom is 0.416 e. The molecule has 0 saturated carbocycles. The number of piperidine rings is 1. The number of carbonyl (C=O) groups is 2. The molecule has 1 saturated heterocycles. The molecule has 0 aliphatic carbocycles. The van der Waals surface area contributed by atoms with Crippen LogP contribution in [0.3, 0.4) is 0 Å². The van der Waals surface area contributed by atoms with Crippen molar-refractivity contribution < 1.29 is 27.5 Å². The van der Waals surface area contributed by atoms with E-state index in [-0.39, 0.29) is 17.5 Å². The number of halogens is 3. The molecule has 6 nitrogen and oxygen atoms in total. The van der Waals surface area contributed by atoms with Gasteiger partial charge in [-0.15, -0.1) is 0 Å². The number of nitrogens with zero attached hydrogens (tertiary/aromatic N) is 1. The van der Waals surface area contributed by atoms with Crippen LogP contribution < -0.4 is 20.3 Å². The normalized spacial score (nSPS) is 14.2. The standard InChI is InChI=1S/C24H28F3N3O3/c1-16(2)23(32)28-18-7-6-8-19(14-18)33-15-22(31)29-20-13-17(24(25,26)27)9-10-21(20)30-11-4-3-5-12-30/h6-10,13-14,16H,3-5,11-12,15H2,1-2H3,(H,28,32)(H,29,31). The van der Waals surface area contributed by atoms with E-state index in [9.17, 15) is 22.8 Å². The van der Waals surface area contributed by atoms with E-state index in [0.29, 0.717) is 17.1 Å². The average Bonchev–Trinajstić information content (AvgIpc) is 2.78. The maximum absolute atomic E-state index is 13.2. The minimum Gasteiger partial charge on any atom is -0.484 e. The van der Waals surface area contributed by atoms with Crippen LogP contribution in [0.5, 0.6) is 5.75 Å². The van der Waals surface area contributed by atoms with Crippen molar-refractivity contribution in [2.75, 3.05) is 35.2 Å². The Morgan fingerprint density at radius 2 is 1.76 bits per heavy atom. The summed E-state index contributed by atoms with van der Waals surface area (Å²) in [6.07, 6.45) is -1.55. The van der Waals surface area contributed by atoms with Crippen LogP contribution in [0.25, 0.3) is 0 Å². The molecule has 1 aliphatic heterocycles. The number of anilines is 3. The molecule has 0 spiro atoms. The van der Waals surface area contributed by atoms with Gasteiger partial charge in [0.25, 0.3) is 5.91 Å². The van der Waals surface area contributed by atoms with Crippen LogP contribution in [0.15, 0.2) is 42.5 Å². The van der Waals surface area contributed by atoms with E-state index in [4.69, 9.17) is 4.74 Å². The second kappa shape index (κ2) is 10.6. The fourth-order valence-electron chi connectivity index (χ4n) is 3.51. The molecule has 1 fully saturated rings. The zero-order valence-electron chi connectivity index (χ0n) is 18.7. The molecule has 33 heavy (non-hydrogen) atoms. The molecule has 0 radical (unpaired) electrons. The van der Waals surface area contributed by atoms with E-state index in [1.165, 1.54) is 6.07 Å². The summed E-state index contributed by atoms with van der Waals surface area (Å²) in [4.78, 5) is 26.4. The molecule has 0 bridgehead atoms. The van der Waals surface area contributed by atoms with Crippen LogP contribution in [0, 0.1) is 5.92 Å². The molecule has 1 heterocycles. The molecule has 1 aliphatic rings. The van der Waals surface area contributed by atoms with Crippen LogP contribution >= 0.6 is 0 Å². The van der Waals surface area contributed by atoms with Crippen LogP contribution in [-0.4, -0.2) is 31.5 Å². The molecule has 2 N–H and O–H groups in total. The third-order valence-corrected chi connectivity index (χ3v) is 5.29. The average molecular weight is 464 g/mol. The summed E-state index contributed by atoms with van der Waals surface area (Å²) in [5.74, 6) is -0.571. The Morgan fingerprint density at radius 1 is 1.03 bits per heavy atom. The largest absolute Gasteiger partial charge is 0.484 e. The third kappa shape index (κ3) is 6.87. The topological polar surface area (TPSA) is 70.7 Å². The van der Waals surface area contributed by atoms with Gasteiger partial charge in [-0.2, -0.15) is 13.2 Å². The summed E-state index contributed by atoms with van der Waals surface area (Å²) < 4.78 is 45.2. The van der Waals surface area contributed by atoms with Gasteiger partial charge >= 0.3 is 6.18 Å². The second-order valence-corrected chi connectivity index (χ2v) is 8.29. The Hall–Kier alpha value is -3.23. The van der Waals surface area contributed by atoms with E-state index < -0.39 is 24.3 Å². The Morgan fingerprint density at radius 3 is 2.42 bits per heavy atom. The van der Waals surface area contributed by atoms with Crippen molar-refractivity contribution in [3.05, 3.63) is 48.0 Å². The Balaban J connectivity index is 1.70. The minimum atomic E-state index is -4.52. The smallest absolute Gasteiger partial charge is 0.416 e. The quantitative estimate of drug-likeness (QED) is 0.584. The third-order valence-electron chi connectivity index (χ3n) is 5.29. The van der Waals surface area contributed by atoms with Crippen molar-refractivity contribution in [2.24, 2.45) is 5.92 Å². The molecule has 3 rings (SSSR count). The number of rotatable bonds is 7. The maximum atomic E-state index is 13.2. The first-order chi connectivity index (χ1) is 15.6. The van der Waals surface area contributed by atoms with Crippen molar-refractivity contribution >= 4 is 28.9 Å². The van der Waals surface area contributed by atoms with E-state index in [1.54, 1.807) is 38.1 Å². The van der Waals surface area contributed by atoms with Gasteiger partial charge in [-0.05, 0) is 49.6 Å². The molecular weight excluding hydrogens is 435 g/mol. The number of carbonyl (C=O) groups excluding carboxylic acids is 2. The number of alkyl halides is 3. The lowest BCUT2D eigenvalue weighted by atomic mass is 10.1. The molecule has 9 heteroatoms. The van der Waals surface area contributed by atoms with Crippen molar-refractivity contribution in [3.8, 4) is 5.75 Å². The van der Waals surface area contributed by atoms with Gasteiger partial charge in [0.15, 0.2) is 6.61 Å². The highest BCUT2D eigenvalue weighted by molar-refractivity contribution is 5.95. The van der Waals surface area contributed by atoms with Crippen LogP contribution in [0.2, 0.25) is 0 Å². The molecule has 0 unspecified atom stereocenters. The van der Waals surface area contributed by atoms with Gasteiger partial charge in [-0.3, -0.25) is 9.59 Å². The number of nitrogens with one attached hydrogen (secondary N) is 2. The van der Waals surface area contributed by atoms with Gasteiger partial charge in [0.1, 0.15) is 5.75 Å². The molecule has 178 valence electrons. The summed E-state index contributed by atoms with van der Waals surface area (Å²) >= 11 is 0. The number of hydrogen-bond donors (Lipinski definition) is 2. The first-order valence-electron chi connectivity index (χ1n) is 10.9. The summed E-state index contributed by atoms with van der Waals surface area (Å²) in [6, 6.07) is 9.98. The molecule has 0 aromatic heterocycles. The van der Waals surface area contributed by atoms with Crippen LogP contribution in [-0.2, 0) is 15.8 Å². The summed E-state index contributed by atoms with van der Waals surface area (Å²) in [5.41, 5.74) is 0.373. The lowest BCUT2D eigenvalue weighted by molar-refractivity contribution is -0.137. The first kappa shape index (κ1) is 24.4. The molecule has 0 atom stereocenters. The fourth-order valence-corrected chi connectivity index (χ4v) is 3.51. The van der Waals surface area contributed by atoms with Gasteiger partial charge in [0.2, 0.25) is 5.91 Å². The summed E-state index contributed by atoms with van der Waals surface area (Å²) in [7, 11) is 0. The van der Waals surface area contributed by atoms with Gasteiger partial charge in [-0.1, -0.05) is 19.9 Å². The number of ether oxygens (including phenoxy) is 1. The van der Waals surface area contributed by atoms with Crippen molar-refractivity contribution in [2.45, 2.75) is 39.3 Å². The highest BCUT2D eigenvalue weighted by Gasteiger charge is 2.32. The SMILES string of the molecule is CC(C)C(=O)Nc1cccc(OCC(=O)Nc2cc(C(F)(F)F)ccc2N2CCCCC2)c1. The Bertz CT molecular complexity index is 986. The molecular formula is C24H28F3N3O3. The van der Waals surface area contributed by atoms with Crippen molar-refractivity contribution in [1.29, 1.82) is 0 Å². The van der Waals surface area contributed by atoms with Crippen molar-refractivity contribution in [3.63, 3.8) is 0 Å². The molecule has 2 aromatic carbocycles. The van der Waals surface area contributed by atoms with Gasteiger partial charge in [-0.25, -0.2) is 0 Å². The van der Waals surface area contributed by atoms with Crippen LogP contribution in [0.4, 0.5) is 30.2 Å².